The van der Waals surface area contributed by atoms with E-state index in [0.29, 0.717) is 4.88 Å². The maximum atomic E-state index is 13.0. The molecule has 0 unspecified atom stereocenters. The van der Waals surface area contributed by atoms with E-state index in [4.69, 9.17) is 0 Å². The van der Waals surface area contributed by atoms with E-state index in [0.717, 1.165) is 24.8 Å². The quantitative estimate of drug-likeness (QED) is 0.596. The number of rotatable bonds is 6. The lowest BCUT2D eigenvalue weighted by Crippen LogP contribution is -1.87. The van der Waals surface area contributed by atoms with E-state index in [-0.39, 0.29) is 6.33 Å². The van der Waals surface area contributed by atoms with Crippen LogP contribution in [0.2, 0.25) is 0 Å². The number of hydrogen-bond donors (Lipinski definition) is 0. The van der Waals surface area contributed by atoms with Crippen molar-refractivity contribution in [2.24, 2.45) is 0 Å². The molecule has 0 amide bonds. The molecule has 0 aliphatic heterocycles. The fraction of sp³-hybridized carbons (Fsp3) is 0.500. The van der Waals surface area contributed by atoms with Gasteiger partial charge in [0.1, 0.15) is 6.33 Å². The molecule has 0 radical (unpaired) electrons. The molecule has 1 aromatic rings. The average molecular weight is 230 g/mol. The van der Waals surface area contributed by atoms with Crippen LogP contribution in [0.4, 0.5) is 8.78 Å². The molecule has 1 rings (SSSR count). The first-order chi connectivity index (χ1) is 7.29. The van der Waals surface area contributed by atoms with E-state index < -0.39 is 5.83 Å². The molecule has 0 atom stereocenters. The zero-order valence-corrected chi connectivity index (χ0v) is 9.75. The number of unbranched alkanes of at least 4 members (excludes halogenated alkanes) is 3. The Hall–Kier alpha value is -0.700. The molecule has 84 valence electrons. The SMILES string of the molecule is CCCCCCc1ccsc1C(F)=CF. The molecule has 15 heavy (non-hydrogen) atoms. The number of thiophene rings is 1. The summed E-state index contributed by atoms with van der Waals surface area (Å²) in [6, 6.07) is 1.88. The van der Waals surface area contributed by atoms with E-state index >= 15 is 0 Å². The van der Waals surface area contributed by atoms with Gasteiger partial charge in [0.15, 0.2) is 5.83 Å². The van der Waals surface area contributed by atoms with Gasteiger partial charge in [-0.15, -0.1) is 11.3 Å². The maximum Gasteiger partial charge on any atom is 0.168 e. The Morgan fingerprint density at radius 1 is 1.40 bits per heavy atom. The Morgan fingerprint density at radius 3 is 2.87 bits per heavy atom. The van der Waals surface area contributed by atoms with E-state index in [9.17, 15) is 8.78 Å². The highest BCUT2D eigenvalue weighted by Gasteiger charge is 2.08. The Balaban J connectivity index is 2.50. The summed E-state index contributed by atoms with van der Waals surface area (Å²) in [5, 5.41) is 1.81. The minimum atomic E-state index is -0.740. The fourth-order valence-electron chi connectivity index (χ4n) is 1.53. The lowest BCUT2D eigenvalue weighted by atomic mass is 10.1. The summed E-state index contributed by atoms with van der Waals surface area (Å²) in [4.78, 5) is 0.453. The molecule has 0 nitrogen and oxygen atoms in total. The smallest absolute Gasteiger partial charge is 0.168 e. The van der Waals surface area contributed by atoms with Crippen molar-refractivity contribution in [2.75, 3.05) is 0 Å². The predicted molar refractivity (Wildman–Crippen MR) is 62.4 cm³/mol. The van der Waals surface area contributed by atoms with Crippen LogP contribution >= 0.6 is 11.3 Å². The molecule has 1 heterocycles. The zero-order valence-electron chi connectivity index (χ0n) is 8.93. The number of hydrogen-bond acceptors (Lipinski definition) is 1. The fourth-order valence-corrected chi connectivity index (χ4v) is 2.38. The molecule has 0 fully saturated rings. The normalized spacial score (nSPS) is 12.1. The van der Waals surface area contributed by atoms with Gasteiger partial charge in [0.05, 0.1) is 4.88 Å². The van der Waals surface area contributed by atoms with Gasteiger partial charge in [-0.2, -0.15) is 0 Å². The Morgan fingerprint density at radius 2 is 2.20 bits per heavy atom. The number of halogens is 2. The van der Waals surface area contributed by atoms with Crippen molar-refractivity contribution in [1.82, 2.24) is 0 Å². The molecule has 0 N–H and O–H groups in total. The first kappa shape index (κ1) is 12.4. The van der Waals surface area contributed by atoms with Crippen LogP contribution in [0.5, 0.6) is 0 Å². The van der Waals surface area contributed by atoms with Gasteiger partial charge in [-0.3, -0.25) is 0 Å². The van der Waals surface area contributed by atoms with Crippen molar-refractivity contribution in [3.05, 3.63) is 28.2 Å². The predicted octanol–water partition coefficient (Wildman–Crippen LogP) is 5.11. The van der Waals surface area contributed by atoms with Gasteiger partial charge in [0.25, 0.3) is 0 Å². The second kappa shape index (κ2) is 6.72. The van der Waals surface area contributed by atoms with Crippen LogP contribution in [-0.4, -0.2) is 0 Å². The molecule has 0 spiro atoms. The molecular formula is C12H16F2S. The summed E-state index contributed by atoms with van der Waals surface area (Å²) < 4.78 is 25.1. The first-order valence-corrected chi connectivity index (χ1v) is 6.20. The van der Waals surface area contributed by atoms with Crippen molar-refractivity contribution in [3.63, 3.8) is 0 Å². The van der Waals surface area contributed by atoms with Crippen molar-refractivity contribution < 1.29 is 8.78 Å². The summed E-state index contributed by atoms with van der Waals surface area (Å²) >= 11 is 1.26. The molecular weight excluding hydrogens is 214 g/mol. The van der Waals surface area contributed by atoms with Gasteiger partial charge in [-0.25, -0.2) is 8.78 Å². The van der Waals surface area contributed by atoms with Gasteiger partial charge < -0.3 is 0 Å². The van der Waals surface area contributed by atoms with Crippen molar-refractivity contribution in [1.29, 1.82) is 0 Å². The monoisotopic (exact) mass is 230 g/mol. The van der Waals surface area contributed by atoms with Crippen LogP contribution in [0, 0.1) is 0 Å². The van der Waals surface area contributed by atoms with E-state index in [1.807, 2.05) is 11.4 Å². The number of aryl methyl sites for hydroxylation is 1. The van der Waals surface area contributed by atoms with E-state index in [2.05, 4.69) is 6.92 Å². The molecule has 0 saturated heterocycles. The summed E-state index contributed by atoms with van der Waals surface area (Å²) in [5.74, 6) is -0.740. The second-order valence-corrected chi connectivity index (χ2v) is 4.46. The third kappa shape index (κ3) is 3.74. The Bertz CT molecular complexity index is 315. The van der Waals surface area contributed by atoms with Gasteiger partial charge in [0, 0.05) is 0 Å². The maximum absolute atomic E-state index is 13.0. The van der Waals surface area contributed by atoms with Crippen LogP contribution in [0.25, 0.3) is 5.83 Å². The van der Waals surface area contributed by atoms with Crippen molar-refractivity contribution >= 4 is 17.2 Å². The highest BCUT2D eigenvalue weighted by atomic mass is 32.1. The lowest BCUT2D eigenvalue weighted by Gasteiger charge is -2.01. The molecule has 1 aromatic heterocycles. The van der Waals surface area contributed by atoms with Gasteiger partial charge in [-0.1, -0.05) is 26.2 Å². The summed E-state index contributed by atoms with van der Waals surface area (Å²) in [7, 11) is 0. The first-order valence-electron chi connectivity index (χ1n) is 5.32. The highest BCUT2D eigenvalue weighted by Crippen LogP contribution is 2.27. The van der Waals surface area contributed by atoms with Crippen molar-refractivity contribution in [2.45, 2.75) is 39.0 Å². The second-order valence-electron chi connectivity index (χ2n) is 3.54. The van der Waals surface area contributed by atoms with Gasteiger partial charge in [-0.05, 0) is 29.9 Å². The van der Waals surface area contributed by atoms with Crippen molar-refractivity contribution in [3.8, 4) is 0 Å². The van der Waals surface area contributed by atoms with Crippen LogP contribution < -0.4 is 0 Å². The van der Waals surface area contributed by atoms with E-state index in [1.54, 1.807) is 0 Å². The Labute approximate surface area is 93.6 Å². The molecule has 3 heteroatoms. The summed E-state index contributed by atoms with van der Waals surface area (Å²) in [5.41, 5.74) is 0.933. The molecule has 0 aliphatic carbocycles. The molecule has 0 bridgehead atoms. The van der Waals surface area contributed by atoms with Gasteiger partial charge >= 0.3 is 0 Å². The third-order valence-electron chi connectivity index (χ3n) is 2.36. The third-order valence-corrected chi connectivity index (χ3v) is 3.32. The molecule has 0 aliphatic rings. The van der Waals surface area contributed by atoms with E-state index in [1.165, 1.54) is 24.2 Å². The summed E-state index contributed by atoms with van der Waals surface area (Å²) in [6.45, 7) is 2.15. The average Bonchev–Trinajstić information content (AvgIpc) is 2.71. The highest BCUT2D eigenvalue weighted by molar-refractivity contribution is 7.11. The summed E-state index contributed by atoms with van der Waals surface area (Å²) in [6.07, 6.45) is 5.50. The van der Waals surface area contributed by atoms with Crippen LogP contribution in [0.3, 0.4) is 0 Å². The van der Waals surface area contributed by atoms with Crippen LogP contribution in [-0.2, 0) is 6.42 Å². The van der Waals surface area contributed by atoms with Crippen LogP contribution in [0.15, 0.2) is 17.8 Å². The van der Waals surface area contributed by atoms with Gasteiger partial charge in [0.2, 0.25) is 0 Å². The molecule has 0 saturated carbocycles. The minimum Gasteiger partial charge on any atom is -0.212 e. The standard InChI is InChI=1S/C12H16F2S/c1-2-3-4-5-6-10-7-8-15-12(10)11(14)9-13/h7-9H,2-6H2,1H3. The van der Waals surface area contributed by atoms with Crippen LogP contribution in [0.1, 0.15) is 43.0 Å². The largest absolute Gasteiger partial charge is 0.212 e. The zero-order chi connectivity index (χ0) is 11.1. The lowest BCUT2D eigenvalue weighted by molar-refractivity contribution is 0.659. The Kier molecular flexibility index (Phi) is 5.54. The molecule has 0 aromatic carbocycles. The topological polar surface area (TPSA) is 0 Å². The minimum absolute atomic E-state index is 0.0430.